The van der Waals surface area contributed by atoms with Crippen LogP contribution in [0, 0.1) is 11.8 Å². The fourth-order valence-corrected chi connectivity index (χ4v) is 11.8. The van der Waals surface area contributed by atoms with Crippen LogP contribution in [0.5, 0.6) is 0 Å². The van der Waals surface area contributed by atoms with Crippen molar-refractivity contribution in [1.82, 2.24) is 40.4 Å². The van der Waals surface area contributed by atoms with E-state index < -0.39 is 32.3 Å². The third-order valence-corrected chi connectivity index (χ3v) is 14.8. The van der Waals surface area contributed by atoms with E-state index in [4.69, 9.17) is 18.9 Å². The second kappa shape index (κ2) is 16.4. The number of fused-ring (bicyclic) bond motifs is 4. The molecule has 320 valence electrons. The summed E-state index contributed by atoms with van der Waals surface area (Å²) in [5.41, 5.74) is 5.20. The first-order chi connectivity index (χ1) is 29.1. The lowest BCUT2D eigenvalue weighted by molar-refractivity contribution is -0.136. The monoisotopic (exact) mass is 846 g/mol. The van der Waals surface area contributed by atoms with Gasteiger partial charge in [-0.25, -0.2) is 19.6 Å². The van der Waals surface area contributed by atoms with Gasteiger partial charge in [-0.15, -0.1) is 0 Å². The SMILES string of the molecule is COC(=O)NC(C(=O)N1CCCC1c1ncc(-c2cc3ccc(-c4ccc5c(ccc6[nH]c([C@@H]7C[Si](C)(C)CN7C(=O)C(NC(=O)OC)C(C)C)nc65)c4)cc3o2)[nH]1)C(C)C. The third-order valence-electron chi connectivity index (χ3n) is 12.2. The van der Waals surface area contributed by atoms with Gasteiger partial charge >= 0.3 is 12.2 Å². The van der Waals surface area contributed by atoms with Gasteiger partial charge in [0.25, 0.3) is 0 Å². The molecule has 5 heterocycles. The molecule has 15 nitrogen and oxygen atoms in total. The van der Waals surface area contributed by atoms with Crippen LogP contribution >= 0.6 is 0 Å². The number of ether oxygens (including phenoxy) is 2. The fraction of sp³-hybridized carbons (Fsp3) is 0.422. The van der Waals surface area contributed by atoms with Gasteiger partial charge in [-0.1, -0.05) is 71.1 Å². The first-order valence-electron chi connectivity index (χ1n) is 21.0. The van der Waals surface area contributed by atoms with Gasteiger partial charge in [-0.2, -0.15) is 0 Å². The summed E-state index contributed by atoms with van der Waals surface area (Å²) in [4.78, 5) is 72.3. The number of nitrogens with one attached hydrogen (secondary N) is 4. The van der Waals surface area contributed by atoms with Crippen LogP contribution in [0.15, 0.2) is 65.2 Å². The molecule has 2 fully saturated rings. The van der Waals surface area contributed by atoms with Crippen LogP contribution in [0.4, 0.5) is 9.59 Å². The molecule has 0 radical (unpaired) electrons. The summed E-state index contributed by atoms with van der Waals surface area (Å²) in [7, 11) is 0.800. The standard InChI is InChI=1S/C45H54N8O7Si/c1-24(2)37(50-44(56)58-5)42(54)52-17-9-10-33(52)40-46-21-32(48-40)36-20-29-12-11-27(19-35(29)60-36)26-13-15-30-28(18-26)14-16-31-39(30)49-41(47-31)34-22-61(7,8)23-53(34)43(55)38(25(3)4)51-45(57)59-6/h11-16,18-21,24-25,33-34,37-38H,9-10,17,22-23H2,1-8H3,(H,46,48)(H,47,49)(H,50,56)(H,51,57)/t33?,34-,37?,38?/m0/s1. The zero-order chi connectivity index (χ0) is 43.3. The average molecular weight is 847 g/mol. The number of benzene rings is 3. The number of furan rings is 1. The number of hydrogen-bond donors (Lipinski definition) is 4. The fourth-order valence-electron chi connectivity index (χ4n) is 8.95. The zero-order valence-corrected chi connectivity index (χ0v) is 36.9. The van der Waals surface area contributed by atoms with E-state index in [1.165, 1.54) is 14.2 Å². The van der Waals surface area contributed by atoms with Gasteiger partial charge in [-0.3, -0.25) is 9.59 Å². The minimum absolute atomic E-state index is 0.121. The van der Waals surface area contributed by atoms with Crippen LogP contribution in [-0.4, -0.2) is 101 Å². The van der Waals surface area contributed by atoms with Crippen molar-refractivity contribution < 1.29 is 33.1 Å². The topological polar surface area (TPSA) is 188 Å². The van der Waals surface area contributed by atoms with E-state index in [9.17, 15) is 19.2 Å². The number of methoxy groups -OCH3 is 2. The number of imidazole rings is 2. The van der Waals surface area contributed by atoms with Crippen molar-refractivity contribution in [2.24, 2.45) is 11.8 Å². The molecule has 0 bridgehead atoms. The highest BCUT2D eigenvalue weighted by molar-refractivity contribution is 6.78. The van der Waals surface area contributed by atoms with E-state index in [1.54, 1.807) is 11.1 Å². The molecule has 61 heavy (non-hydrogen) atoms. The number of carbonyl (C=O) groups excluding carboxylic acids is 4. The largest absolute Gasteiger partial charge is 0.454 e. The Morgan fingerprint density at radius 3 is 2.15 bits per heavy atom. The summed E-state index contributed by atoms with van der Waals surface area (Å²) in [6.07, 6.45) is 2.73. The molecular formula is C45H54N8O7Si. The minimum Gasteiger partial charge on any atom is -0.454 e. The maximum atomic E-state index is 14.0. The lowest BCUT2D eigenvalue weighted by Crippen LogP contribution is -2.52. The summed E-state index contributed by atoms with van der Waals surface area (Å²) < 4.78 is 16.0. The van der Waals surface area contributed by atoms with Crippen LogP contribution in [-0.2, 0) is 19.1 Å². The molecular weight excluding hydrogens is 793 g/mol. The molecule has 4 N–H and O–H groups in total. The van der Waals surface area contributed by atoms with Crippen LogP contribution in [0.2, 0.25) is 19.1 Å². The number of amides is 4. The highest BCUT2D eigenvalue weighted by atomic mass is 28.3. The molecule has 0 aliphatic carbocycles. The smallest absolute Gasteiger partial charge is 0.407 e. The van der Waals surface area contributed by atoms with Crippen molar-refractivity contribution in [3.05, 3.63) is 72.4 Å². The molecule has 3 unspecified atom stereocenters. The molecule has 2 saturated heterocycles. The van der Waals surface area contributed by atoms with Crippen molar-refractivity contribution in [3.8, 4) is 22.6 Å². The Bertz CT molecular complexity index is 2650. The van der Waals surface area contributed by atoms with Gasteiger partial charge in [-0.05, 0) is 71.5 Å². The number of likely N-dealkylation sites (tertiary alicyclic amines) is 1. The Hall–Kier alpha value is -6.16. The predicted molar refractivity (Wildman–Crippen MR) is 235 cm³/mol. The van der Waals surface area contributed by atoms with Gasteiger partial charge in [0.15, 0.2) is 5.76 Å². The number of aromatic nitrogens is 4. The van der Waals surface area contributed by atoms with Gasteiger partial charge in [0.1, 0.15) is 35.0 Å². The molecule has 2 aliphatic heterocycles. The third kappa shape index (κ3) is 8.08. The van der Waals surface area contributed by atoms with E-state index in [2.05, 4.69) is 69.0 Å². The first kappa shape index (κ1) is 41.6. The quantitative estimate of drug-likeness (QED) is 0.0989. The van der Waals surface area contributed by atoms with E-state index in [0.29, 0.717) is 30.0 Å². The van der Waals surface area contributed by atoms with Crippen molar-refractivity contribution in [3.63, 3.8) is 0 Å². The van der Waals surface area contributed by atoms with Crippen LogP contribution in [0.3, 0.4) is 0 Å². The molecule has 3 aromatic carbocycles. The van der Waals surface area contributed by atoms with Crippen LogP contribution in [0.25, 0.3) is 55.4 Å². The summed E-state index contributed by atoms with van der Waals surface area (Å²) in [6.45, 7) is 12.8. The van der Waals surface area contributed by atoms with Crippen molar-refractivity contribution in [2.75, 3.05) is 26.9 Å². The highest BCUT2D eigenvalue weighted by Crippen LogP contribution is 2.40. The molecule has 0 saturated carbocycles. The molecule has 4 atom stereocenters. The Morgan fingerprint density at radius 2 is 1.46 bits per heavy atom. The normalized spacial score (nSPS) is 18.7. The van der Waals surface area contributed by atoms with E-state index in [1.807, 2.05) is 56.9 Å². The zero-order valence-electron chi connectivity index (χ0n) is 35.9. The van der Waals surface area contributed by atoms with Gasteiger partial charge in [0.05, 0.1) is 51.6 Å². The maximum Gasteiger partial charge on any atom is 0.407 e. The number of rotatable bonds is 10. The number of alkyl carbamates (subject to hydrolysis) is 2. The average Bonchev–Trinajstić information content (AvgIpc) is 4.09. The molecule has 3 aromatic heterocycles. The number of H-pyrrole nitrogens is 2. The molecule has 0 spiro atoms. The van der Waals surface area contributed by atoms with E-state index in [-0.39, 0.29) is 35.7 Å². The summed E-state index contributed by atoms with van der Waals surface area (Å²) in [5, 5.41) is 8.43. The Morgan fingerprint density at radius 1 is 0.803 bits per heavy atom. The molecule has 8 rings (SSSR count). The molecule has 6 aromatic rings. The first-order valence-corrected chi connectivity index (χ1v) is 24.4. The number of aromatic amines is 2. The van der Waals surface area contributed by atoms with Crippen LogP contribution < -0.4 is 10.6 Å². The van der Waals surface area contributed by atoms with Gasteiger partial charge < -0.3 is 44.3 Å². The summed E-state index contributed by atoms with van der Waals surface area (Å²) >= 11 is 0. The van der Waals surface area contributed by atoms with Crippen molar-refractivity contribution in [2.45, 2.75) is 83.8 Å². The van der Waals surface area contributed by atoms with E-state index >= 15 is 0 Å². The molecule has 4 amide bonds. The second-order valence-corrected chi connectivity index (χ2v) is 22.9. The lowest BCUT2D eigenvalue weighted by Gasteiger charge is -2.30. The second-order valence-electron chi connectivity index (χ2n) is 17.8. The van der Waals surface area contributed by atoms with Crippen molar-refractivity contribution >= 4 is 64.8 Å². The Balaban J connectivity index is 1.03. The minimum atomic E-state index is -1.79. The van der Waals surface area contributed by atoms with Crippen LogP contribution in [0.1, 0.15) is 64.3 Å². The summed E-state index contributed by atoms with van der Waals surface area (Å²) in [6, 6.07) is 17.6. The van der Waals surface area contributed by atoms with Gasteiger partial charge in [0, 0.05) is 23.5 Å². The molecule has 2 aliphatic rings. The maximum absolute atomic E-state index is 14.0. The van der Waals surface area contributed by atoms with E-state index in [0.717, 1.165) is 68.6 Å². The Kier molecular flexibility index (Phi) is 11.2. The Labute approximate surface area is 354 Å². The summed E-state index contributed by atoms with van der Waals surface area (Å²) in [5.74, 6) is 1.53. The predicted octanol–water partition coefficient (Wildman–Crippen LogP) is 8.08. The number of carbonyl (C=O) groups is 4. The van der Waals surface area contributed by atoms with Gasteiger partial charge in [0.2, 0.25) is 11.8 Å². The van der Waals surface area contributed by atoms with Crippen molar-refractivity contribution in [1.29, 1.82) is 0 Å². The molecule has 16 heteroatoms. The highest BCUT2D eigenvalue weighted by Gasteiger charge is 2.46. The number of hydrogen-bond acceptors (Lipinski definition) is 9. The number of nitrogens with zero attached hydrogens (tertiary/aromatic N) is 4. The lowest BCUT2D eigenvalue weighted by atomic mass is 10.00.